The van der Waals surface area contributed by atoms with Crippen molar-refractivity contribution in [2.45, 2.75) is 19.9 Å². The zero-order valence-electron chi connectivity index (χ0n) is 10.4. The van der Waals surface area contributed by atoms with Crippen LogP contribution in [0.2, 0.25) is 0 Å². The van der Waals surface area contributed by atoms with E-state index in [1.165, 1.54) is 0 Å². The van der Waals surface area contributed by atoms with E-state index in [-0.39, 0.29) is 24.4 Å². The van der Waals surface area contributed by atoms with Gasteiger partial charge in [-0.25, -0.2) is 0 Å². The number of piperazine rings is 1. The van der Waals surface area contributed by atoms with E-state index in [4.69, 9.17) is 6.42 Å². The first-order valence-electron chi connectivity index (χ1n) is 5.77. The standard InChI is InChI=1S/C12H19N3O2/c1-4-5-13-12(17)10(2)14-6-8-15(9-7-14)11(3)16/h1,10H,5-9H2,2-3H3,(H,13,17). The molecule has 1 fully saturated rings. The van der Waals surface area contributed by atoms with E-state index < -0.39 is 0 Å². The van der Waals surface area contributed by atoms with Gasteiger partial charge in [0.1, 0.15) is 0 Å². The number of nitrogens with zero attached hydrogens (tertiary/aromatic N) is 2. The van der Waals surface area contributed by atoms with E-state index in [1.54, 1.807) is 11.8 Å². The van der Waals surface area contributed by atoms with Gasteiger partial charge in [0.2, 0.25) is 11.8 Å². The third kappa shape index (κ3) is 3.75. The summed E-state index contributed by atoms with van der Waals surface area (Å²) in [6, 6.07) is -0.197. The minimum Gasteiger partial charge on any atom is -0.344 e. The number of rotatable bonds is 3. The summed E-state index contributed by atoms with van der Waals surface area (Å²) in [5, 5.41) is 2.67. The Kier molecular flexibility index (Phi) is 4.98. The number of carbonyl (C=O) groups is 2. The molecule has 1 unspecified atom stereocenters. The van der Waals surface area contributed by atoms with E-state index in [2.05, 4.69) is 16.1 Å². The number of amides is 2. The molecule has 0 saturated carbocycles. The zero-order chi connectivity index (χ0) is 12.8. The molecule has 5 heteroatoms. The molecule has 0 aromatic heterocycles. The Hall–Kier alpha value is -1.54. The van der Waals surface area contributed by atoms with Crippen molar-refractivity contribution in [3.05, 3.63) is 0 Å². The molecule has 5 nitrogen and oxygen atoms in total. The highest BCUT2D eigenvalue weighted by Gasteiger charge is 2.25. The molecule has 1 heterocycles. The summed E-state index contributed by atoms with van der Waals surface area (Å²) >= 11 is 0. The molecule has 1 N–H and O–H groups in total. The first-order valence-corrected chi connectivity index (χ1v) is 5.77. The minimum atomic E-state index is -0.197. The van der Waals surface area contributed by atoms with Crippen LogP contribution in [-0.4, -0.2) is 60.4 Å². The molecular formula is C12H19N3O2. The molecular weight excluding hydrogens is 218 g/mol. The fourth-order valence-corrected chi connectivity index (χ4v) is 1.88. The Labute approximate surface area is 102 Å². The first kappa shape index (κ1) is 13.5. The molecule has 1 saturated heterocycles. The van der Waals surface area contributed by atoms with Gasteiger partial charge in [0, 0.05) is 33.1 Å². The molecule has 94 valence electrons. The third-order valence-corrected chi connectivity index (χ3v) is 3.05. The van der Waals surface area contributed by atoms with Crippen molar-refractivity contribution in [3.8, 4) is 12.3 Å². The summed E-state index contributed by atoms with van der Waals surface area (Å²) in [5.41, 5.74) is 0. The van der Waals surface area contributed by atoms with Crippen LogP contribution in [0.1, 0.15) is 13.8 Å². The van der Waals surface area contributed by atoms with Gasteiger partial charge < -0.3 is 10.2 Å². The Balaban J connectivity index is 2.40. The molecule has 0 bridgehead atoms. The summed E-state index contributed by atoms with van der Waals surface area (Å²) in [5.74, 6) is 2.41. The lowest BCUT2D eigenvalue weighted by Gasteiger charge is -2.36. The maximum atomic E-state index is 11.7. The summed E-state index contributed by atoms with van der Waals surface area (Å²) < 4.78 is 0. The van der Waals surface area contributed by atoms with Crippen molar-refractivity contribution in [1.82, 2.24) is 15.1 Å². The lowest BCUT2D eigenvalue weighted by Crippen LogP contribution is -2.54. The number of terminal acetylenes is 1. The summed E-state index contributed by atoms with van der Waals surface area (Å²) in [6.07, 6.45) is 5.08. The molecule has 1 aliphatic rings. The van der Waals surface area contributed by atoms with Crippen LogP contribution in [0.5, 0.6) is 0 Å². The third-order valence-electron chi connectivity index (χ3n) is 3.05. The molecule has 0 aromatic carbocycles. The lowest BCUT2D eigenvalue weighted by atomic mass is 10.2. The molecule has 0 aromatic rings. The summed E-state index contributed by atoms with van der Waals surface area (Å²) in [4.78, 5) is 26.7. The van der Waals surface area contributed by atoms with Crippen LogP contribution in [0, 0.1) is 12.3 Å². The second-order valence-corrected chi connectivity index (χ2v) is 4.14. The predicted octanol–water partition coefficient (Wildman–Crippen LogP) is -0.712. The second-order valence-electron chi connectivity index (χ2n) is 4.14. The van der Waals surface area contributed by atoms with Crippen LogP contribution >= 0.6 is 0 Å². The fourth-order valence-electron chi connectivity index (χ4n) is 1.88. The van der Waals surface area contributed by atoms with Crippen molar-refractivity contribution in [2.75, 3.05) is 32.7 Å². The maximum Gasteiger partial charge on any atom is 0.237 e. The van der Waals surface area contributed by atoms with Crippen LogP contribution in [0.15, 0.2) is 0 Å². The molecule has 2 amide bonds. The highest BCUT2D eigenvalue weighted by atomic mass is 16.2. The molecule has 1 rings (SSSR count). The van der Waals surface area contributed by atoms with Crippen LogP contribution in [0.3, 0.4) is 0 Å². The quantitative estimate of drug-likeness (QED) is 0.660. The topological polar surface area (TPSA) is 52.7 Å². The first-order chi connectivity index (χ1) is 8.06. The van der Waals surface area contributed by atoms with Gasteiger partial charge in [0.05, 0.1) is 12.6 Å². The Morgan fingerprint density at radius 2 is 1.94 bits per heavy atom. The van der Waals surface area contributed by atoms with E-state index in [1.807, 2.05) is 6.92 Å². The molecule has 17 heavy (non-hydrogen) atoms. The molecule has 1 aliphatic heterocycles. The SMILES string of the molecule is C#CCNC(=O)C(C)N1CCN(C(C)=O)CC1. The van der Waals surface area contributed by atoms with Crippen LogP contribution in [-0.2, 0) is 9.59 Å². The molecule has 1 atom stereocenters. The molecule has 0 radical (unpaired) electrons. The Morgan fingerprint density at radius 3 is 2.41 bits per heavy atom. The van der Waals surface area contributed by atoms with E-state index in [0.29, 0.717) is 13.1 Å². The minimum absolute atomic E-state index is 0.0563. The average Bonchev–Trinajstić information content (AvgIpc) is 2.35. The van der Waals surface area contributed by atoms with Crippen molar-refractivity contribution >= 4 is 11.8 Å². The highest BCUT2D eigenvalue weighted by molar-refractivity contribution is 5.81. The van der Waals surface area contributed by atoms with Crippen molar-refractivity contribution in [2.24, 2.45) is 0 Å². The smallest absolute Gasteiger partial charge is 0.237 e. The van der Waals surface area contributed by atoms with Gasteiger partial charge >= 0.3 is 0 Å². The molecule has 0 spiro atoms. The van der Waals surface area contributed by atoms with E-state index in [0.717, 1.165) is 13.1 Å². The van der Waals surface area contributed by atoms with Crippen molar-refractivity contribution in [3.63, 3.8) is 0 Å². The Bertz CT molecular complexity index is 327. The van der Waals surface area contributed by atoms with E-state index in [9.17, 15) is 9.59 Å². The summed E-state index contributed by atoms with van der Waals surface area (Å²) in [7, 11) is 0. The van der Waals surface area contributed by atoms with Gasteiger partial charge in [0.25, 0.3) is 0 Å². The second kappa shape index (κ2) is 6.26. The van der Waals surface area contributed by atoms with Gasteiger partial charge in [-0.1, -0.05) is 5.92 Å². The van der Waals surface area contributed by atoms with Gasteiger partial charge in [-0.05, 0) is 6.92 Å². The number of hydrogen-bond donors (Lipinski definition) is 1. The fraction of sp³-hybridized carbons (Fsp3) is 0.667. The van der Waals surface area contributed by atoms with Crippen LogP contribution in [0.25, 0.3) is 0 Å². The molecule has 0 aliphatic carbocycles. The van der Waals surface area contributed by atoms with Gasteiger partial charge in [-0.2, -0.15) is 0 Å². The van der Waals surface area contributed by atoms with Gasteiger partial charge in [-0.3, -0.25) is 14.5 Å². The van der Waals surface area contributed by atoms with E-state index >= 15 is 0 Å². The van der Waals surface area contributed by atoms with Crippen LogP contribution in [0.4, 0.5) is 0 Å². The largest absolute Gasteiger partial charge is 0.344 e. The number of carbonyl (C=O) groups excluding carboxylic acids is 2. The average molecular weight is 237 g/mol. The lowest BCUT2D eigenvalue weighted by molar-refractivity contribution is -0.132. The monoisotopic (exact) mass is 237 g/mol. The normalized spacial score (nSPS) is 18.3. The van der Waals surface area contributed by atoms with Gasteiger partial charge in [0.15, 0.2) is 0 Å². The highest BCUT2D eigenvalue weighted by Crippen LogP contribution is 2.06. The van der Waals surface area contributed by atoms with Crippen molar-refractivity contribution < 1.29 is 9.59 Å². The predicted molar refractivity (Wildman–Crippen MR) is 65.1 cm³/mol. The number of hydrogen-bond acceptors (Lipinski definition) is 3. The Morgan fingerprint density at radius 1 is 1.35 bits per heavy atom. The zero-order valence-corrected chi connectivity index (χ0v) is 10.4. The number of nitrogens with one attached hydrogen (secondary N) is 1. The van der Waals surface area contributed by atoms with Crippen molar-refractivity contribution in [1.29, 1.82) is 0 Å². The van der Waals surface area contributed by atoms with Gasteiger partial charge in [-0.15, -0.1) is 6.42 Å². The maximum absolute atomic E-state index is 11.7. The van der Waals surface area contributed by atoms with Crippen LogP contribution < -0.4 is 5.32 Å². The summed E-state index contributed by atoms with van der Waals surface area (Å²) in [6.45, 7) is 6.50.